The highest BCUT2D eigenvalue weighted by molar-refractivity contribution is 6.32. The van der Waals surface area contributed by atoms with E-state index in [1.165, 1.54) is 14.2 Å². The molecule has 0 radical (unpaired) electrons. The van der Waals surface area contributed by atoms with Crippen LogP contribution in [0.5, 0.6) is 11.8 Å². The normalized spacial score (nSPS) is 12.6. The minimum atomic E-state index is -0.571. The van der Waals surface area contributed by atoms with Gasteiger partial charge in [0.05, 0.1) is 27.4 Å². The maximum Gasteiger partial charge on any atom is 0.317 e. The Kier molecular flexibility index (Phi) is 11.8. The molecule has 0 aliphatic rings. The Hall–Kier alpha value is -2.75. The lowest BCUT2D eigenvalue weighted by Gasteiger charge is -2.16. The summed E-state index contributed by atoms with van der Waals surface area (Å²) in [4.78, 5) is 23.6. The number of hydrogen-bond acceptors (Lipinski definition) is 10. The Bertz CT molecular complexity index is 878. The number of ether oxygens (including phenoxy) is 4. The molecule has 11 heteroatoms. The van der Waals surface area contributed by atoms with Crippen molar-refractivity contribution in [1.82, 2.24) is 10.3 Å². The topological polar surface area (TPSA) is 123 Å². The molecule has 0 amide bonds. The fraction of sp³-hybridized carbons (Fsp3) is 0.636. The molecular weight excluding hydrogens is 456 g/mol. The number of carbonyl (C=O) groups is 2. The van der Waals surface area contributed by atoms with E-state index in [1.54, 1.807) is 19.9 Å². The summed E-state index contributed by atoms with van der Waals surface area (Å²) in [5.41, 5.74) is 0. The van der Waals surface area contributed by atoms with E-state index in [2.05, 4.69) is 10.3 Å². The van der Waals surface area contributed by atoms with Crippen molar-refractivity contribution >= 4 is 23.5 Å². The third kappa shape index (κ3) is 7.66. The van der Waals surface area contributed by atoms with Crippen LogP contribution >= 0.6 is 11.6 Å². The van der Waals surface area contributed by atoms with E-state index in [1.807, 2.05) is 27.7 Å². The monoisotopic (exact) mass is 488 g/mol. The van der Waals surface area contributed by atoms with Crippen LogP contribution in [0.15, 0.2) is 15.1 Å². The van der Waals surface area contributed by atoms with E-state index in [9.17, 15) is 9.59 Å². The summed E-state index contributed by atoms with van der Waals surface area (Å²) in [5, 5.41) is 7.54. The lowest BCUT2D eigenvalue weighted by Crippen LogP contribution is -2.20. The van der Waals surface area contributed by atoms with Crippen LogP contribution in [0.2, 0.25) is 5.02 Å². The summed E-state index contributed by atoms with van der Waals surface area (Å²) in [7, 11) is 2.93. The molecule has 0 fully saturated rings. The molecule has 33 heavy (non-hydrogen) atoms. The van der Waals surface area contributed by atoms with Crippen molar-refractivity contribution in [3.8, 4) is 11.8 Å². The SMILES string of the molecule is CCOC(=O)C(c1cc(OC)no1)C(C)C.CCOC(=O)C(c1onc(OC)c1Cl)C(C)C. The Labute approximate surface area is 198 Å². The van der Waals surface area contributed by atoms with E-state index in [0.717, 1.165) is 0 Å². The van der Waals surface area contributed by atoms with Crippen LogP contribution in [-0.2, 0) is 19.1 Å². The molecule has 2 heterocycles. The van der Waals surface area contributed by atoms with Crippen LogP contribution in [0.25, 0.3) is 0 Å². The van der Waals surface area contributed by atoms with Gasteiger partial charge in [-0.25, -0.2) is 0 Å². The molecule has 2 unspecified atom stereocenters. The van der Waals surface area contributed by atoms with Gasteiger partial charge >= 0.3 is 11.9 Å². The van der Waals surface area contributed by atoms with Gasteiger partial charge in [-0.3, -0.25) is 9.59 Å². The first-order chi connectivity index (χ1) is 15.6. The van der Waals surface area contributed by atoms with Crippen LogP contribution < -0.4 is 9.47 Å². The molecule has 2 rings (SSSR count). The number of nitrogens with zero attached hydrogens (tertiary/aromatic N) is 2. The van der Waals surface area contributed by atoms with E-state index >= 15 is 0 Å². The summed E-state index contributed by atoms with van der Waals surface area (Å²) in [6.45, 7) is 11.8. The van der Waals surface area contributed by atoms with Crippen molar-refractivity contribution in [2.75, 3.05) is 27.4 Å². The Morgan fingerprint density at radius 3 is 1.85 bits per heavy atom. The second-order valence-electron chi connectivity index (χ2n) is 7.59. The highest BCUT2D eigenvalue weighted by Crippen LogP contribution is 2.36. The second-order valence-corrected chi connectivity index (χ2v) is 7.97. The van der Waals surface area contributed by atoms with E-state index < -0.39 is 11.8 Å². The van der Waals surface area contributed by atoms with Gasteiger partial charge in [0.25, 0.3) is 11.8 Å². The van der Waals surface area contributed by atoms with Crippen molar-refractivity contribution < 1.29 is 37.6 Å². The van der Waals surface area contributed by atoms with Gasteiger partial charge in [0.15, 0.2) is 11.5 Å². The Morgan fingerprint density at radius 1 is 0.909 bits per heavy atom. The standard InChI is InChI=1S/C11H16ClNO4.C11H17NO4/c1-5-16-11(14)7(6(2)3)9-8(12)10(15-4)13-17-9;1-5-15-11(13)10(7(2)3)8-6-9(14-4)12-16-8/h6-7H,5H2,1-4H3;6-7,10H,5H2,1-4H3. The number of esters is 2. The highest BCUT2D eigenvalue weighted by Gasteiger charge is 2.33. The average Bonchev–Trinajstić information content (AvgIpc) is 3.36. The number of rotatable bonds is 10. The molecule has 0 aromatic carbocycles. The fourth-order valence-corrected chi connectivity index (χ4v) is 3.24. The number of carbonyl (C=O) groups excluding carboxylic acids is 2. The van der Waals surface area contributed by atoms with Gasteiger partial charge in [-0.1, -0.05) is 39.3 Å². The largest absolute Gasteiger partial charge is 0.479 e. The molecule has 0 N–H and O–H groups in total. The molecule has 0 saturated carbocycles. The maximum atomic E-state index is 11.8. The molecule has 10 nitrogen and oxygen atoms in total. The van der Waals surface area contributed by atoms with Crippen molar-refractivity contribution in [1.29, 1.82) is 0 Å². The molecule has 2 atom stereocenters. The van der Waals surface area contributed by atoms with Gasteiger partial charge < -0.3 is 28.0 Å². The minimum absolute atomic E-state index is 0.00999. The lowest BCUT2D eigenvalue weighted by atomic mass is 9.93. The zero-order valence-corrected chi connectivity index (χ0v) is 21.1. The van der Waals surface area contributed by atoms with Crippen molar-refractivity contribution in [3.63, 3.8) is 0 Å². The molecule has 186 valence electrons. The van der Waals surface area contributed by atoms with Crippen LogP contribution in [-0.4, -0.2) is 49.7 Å². The maximum absolute atomic E-state index is 11.8. The van der Waals surface area contributed by atoms with E-state index in [0.29, 0.717) is 24.9 Å². The molecule has 0 saturated heterocycles. The van der Waals surface area contributed by atoms with Gasteiger partial charge in [-0.15, -0.1) is 0 Å². The summed E-state index contributed by atoms with van der Waals surface area (Å²) in [6, 6.07) is 1.61. The number of halogens is 1. The first-order valence-corrected chi connectivity index (χ1v) is 11.0. The quantitative estimate of drug-likeness (QED) is 0.437. The van der Waals surface area contributed by atoms with Gasteiger partial charge in [-0.05, 0) is 36.0 Å². The first-order valence-electron chi connectivity index (χ1n) is 10.7. The second kappa shape index (κ2) is 13.7. The number of methoxy groups -OCH3 is 2. The molecular formula is C22H33ClN2O8. The summed E-state index contributed by atoms with van der Waals surface area (Å²) in [5.74, 6) is -0.292. The third-order valence-electron chi connectivity index (χ3n) is 4.54. The smallest absolute Gasteiger partial charge is 0.317 e. The zero-order chi connectivity index (χ0) is 25.1. The first kappa shape index (κ1) is 28.3. The van der Waals surface area contributed by atoms with Crippen LogP contribution in [0.1, 0.15) is 64.9 Å². The molecule has 2 aromatic heterocycles. The highest BCUT2D eigenvalue weighted by atomic mass is 35.5. The number of aromatic nitrogens is 2. The fourth-order valence-electron chi connectivity index (χ4n) is 2.97. The molecule has 0 aliphatic heterocycles. The van der Waals surface area contributed by atoms with Crippen molar-refractivity contribution in [2.24, 2.45) is 11.8 Å². The Morgan fingerprint density at radius 2 is 1.45 bits per heavy atom. The molecule has 0 aliphatic carbocycles. The van der Waals surface area contributed by atoms with Crippen molar-refractivity contribution in [3.05, 3.63) is 22.6 Å². The summed E-state index contributed by atoms with van der Waals surface area (Å²) in [6.07, 6.45) is 0. The summed E-state index contributed by atoms with van der Waals surface area (Å²) < 4.78 is 29.9. The predicted molar refractivity (Wildman–Crippen MR) is 120 cm³/mol. The summed E-state index contributed by atoms with van der Waals surface area (Å²) >= 11 is 6.02. The Balaban J connectivity index is 0.000000331. The third-order valence-corrected chi connectivity index (χ3v) is 4.89. The van der Waals surface area contributed by atoms with E-state index in [4.69, 9.17) is 39.6 Å². The molecule has 0 spiro atoms. The number of hydrogen-bond donors (Lipinski definition) is 0. The van der Waals surface area contributed by atoms with Gasteiger partial charge in [0.2, 0.25) is 0 Å². The van der Waals surface area contributed by atoms with Crippen LogP contribution in [0.3, 0.4) is 0 Å². The predicted octanol–water partition coefficient (Wildman–Crippen LogP) is 4.63. The van der Waals surface area contributed by atoms with Gasteiger partial charge in [0, 0.05) is 6.07 Å². The van der Waals surface area contributed by atoms with Crippen molar-refractivity contribution in [2.45, 2.75) is 53.4 Å². The molecule has 2 aromatic rings. The zero-order valence-electron chi connectivity index (χ0n) is 20.3. The lowest BCUT2D eigenvalue weighted by molar-refractivity contribution is -0.147. The molecule has 0 bridgehead atoms. The average molecular weight is 489 g/mol. The van der Waals surface area contributed by atoms with E-state index in [-0.39, 0.29) is 40.4 Å². The van der Waals surface area contributed by atoms with Crippen LogP contribution in [0.4, 0.5) is 0 Å². The minimum Gasteiger partial charge on any atom is -0.479 e. The van der Waals surface area contributed by atoms with Crippen LogP contribution in [0, 0.1) is 11.8 Å². The van der Waals surface area contributed by atoms with Gasteiger partial charge in [-0.2, -0.15) is 0 Å². The van der Waals surface area contributed by atoms with Gasteiger partial charge in [0.1, 0.15) is 16.9 Å².